The molecule has 0 aromatic heterocycles. The minimum absolute atomic E-state index is 0.0277. The van der Waals surface area contributed by atoms with E-state index in [1.807, 2.05) is 60.7 Å². The van der Waals surface area contributed by atoms with Crippen LogP contribution in [0.1, 0.15) is 17.2 Å². The van der Waals surface area contributed by atoms with E-state index in [1.165, 1.54) is 11.8 Å². The molecule has 4 heteroatoms. The first-order valence-electron chi connectivity index (χ1n) is 7.01. The second-order valence-corrected chi connectivity index (χ2v) is 6.13. The van der Waals surface area contributed by atoms with Crippen LogP contribution >= 0.6 is 11.8 Å². The number of thioether (sulfide) groups is 1. The van der Waals surface area contributed by atoms with Crippen LogP contribution in [0, 0.1) is 0 Å². The lowest BCUT2D eigenvalue weighted by Gasteiger charge is -2.23. The van der Waals surface area contributed by atoms with E-state index in [1.54, 1.807) is 0 Å². The summed E-state index contributed by atoms with van der Waals surface area (Å²) in [5, 5.41) is 9.99. The Morgan fingerprint density at radius 2 is 1.68 bits per heavy atom. The molecule has 2 aromatic rings. The molecule has 1 atom stereocenters. The van der Waals surface area contributed by atoms with E-state index in [4.69, 9.17) is 0 Å². The maximum Gasteiger partial charge on any atom is 0.170 e. The molecule has 0 saturated carbocycles. The number of rotatable bonds is 2. The Balaban J connectivity index is 1.96. The second-order valence-electron chi connectivity index (χ2n) is 4.94. The molecule has 0 radical (unpaired) electrons. The second kappa shape index (κ2) is 6.62. The summed E-state index contributed by atoms with van der Waals surface area (Å²) >= 11 is 1.52. The van der Waals surface area contributed by atoms with Crippen LogP contribution in [-0.2, 0) is 4.79 Å². The van der Waals surface area contributed by atoms with Gasteiger partial charge in [-0.3, -0.25) is 4.79 Å². The largest absolute Gasteiger partial charge is 0.515 e. The molecule has 0 spiro atoms. The maximum absolute atomic E-state index is 12.3. The van der Waals surface area contributed by atoms with Crippen LogP contribution in [0.5, 0.6) is 0 Å². The SMILES string of the molecule is O=C1C[C@H](c2ccccc2)SC(=Nc2ccccc2)/C1=C\O. The topological polar surface area (TPSA) is 49.7 Å². The molecule has 0 aliphatic carbocycles. The van der Waals surface area contributed by atoms with Gasteiger partial charge in [0.25, 0.3) is 0 Å². The lowest BCUT2D eigenvalue weighted by Crippen LogP contribution is -2.20. The van der Waals surface area contributed by atoms with E-state index < -0.39 is 0 Å². The fourth-order valence-electron chi connectivity index (χ4n) is 2.32. The number of hydrogen-bond acceptors (Lipinski definition) is 4. The summed E-state index contributed by atoms with van der Waals surface area (Å²) in [6.45, 7) is 0. The van der Waals surface area contributed by atoms with Crippen molar-refractivity contribution in [2.24, 2.45) is 4.99 Å². The number of aliphatic hydroxyl groups excluding tert-OH is 1. The highest BCUT2D eigenvalue weighted by Crippen LogP contribution is 2.41. The van der Waals surface area contributed by atoms with Crippen molar-refractivity contribution in [1.82, 2.24) is 0 Å². The number of Topliss-reactive ketones (excluding diaryl/α,β-unsaturated/α-hetero) is 1. The number of benzene rings is 2. The van der Waals surface area contributed by atoms with E-state index >= 15 is 0 Å². The molecule has 0 bridgehead atoms. The van der Waals surface area contributed by atoms with Crippen LogP contribution in [-0.4, -0.2) is 15.9 Å². The summed E-state index contributed by atoms with van der Waals surface area (Å²) in [6, 6.07) is 19.4. The number of para-hydroxylation sites is 1. The Bertz CT molecular complexity index is 723. The minimum atomic E-state index is -0.0789. The predicted molar refractivity (Wildman–Crippen MR) is 90.6 cm³/mol. The highest BCUT2D eigenvalue weighted by Gasteiger charge is 2.30. The van der Waals surface area contributed by atoms with Crippen LogP contribution in [0.3, 0.4) is 0 Å². The van der Waals surface area contributed by atoms with Crippen molar-refractivity contribution in [3.05, 3.63) is 78.1 Å². The van der Waals surface area contributed by atoms with Gasteiger partial charge in [0, 0.05) is 11.7 Å². The van der Waals surface area contributed by atoms with Crippen molar-refractivity contribution in [3.8, 4) is 0 Å². The van der Waals surface area contributed by atoms with Gasteiger partial charge in [-0.25, -0.2) is 4.99 Å². The zero-order valence-corrected chi connectivity index (χ0v) is 12.7. The van der Waals surface area contributed by atoms with Crippen molar-refractivity contribution in [1.29, 1.82) is 0 Å². The van der Waals surface area contributed by atoms with E-state index in [2.05, 4.69) is 4.99 Å². The third-order valence-corrected chi connectivity index (χ3v) is 4.70. The summed E-state index contributed by atoms with van der Waals surface area (Å²) in [5.74, 6) is -0.0789. The van der Waals surface area contributed by atoms with Gasteiger partial charge in [-0.05, 0) is 17.7 Å². The van der Waals surface area contributed by atoms with Crippen LogP contribution in [0.25, 0.3) is 0 Å². The molecule has 0 unspecified atom stereocenters. The van der Waals surface area contributed by atoms with E-state index in [0.29, 0.717) is 17.0 Å². The maximum atomic E-state index is 12.3. The normalized spacial score (nSPS) is 22.2. The Morgan fingerprint density at radius 3 is 2.32 bits per heavy atom. The number of ketones is 1. The average molecular weight is 309 g/mol. The Labute approximate surface area is 133 Å². The average Bonchev–Trinajstić information content (AvgIpc) is 2.56. The molecule has 1 fully saturated rings. The fourth-order valence-corrected chi connectivity index (χ4v) is 3.57. The summed E-state index contributed by atoms with van der Waals surface area (Å²) in [6.07, 6.45) is 1.24. The van der Waals surface area contributed by atoms with Gasteiger partial charge >= 0.3 is 0 Å². The lowest BCUT2D eigenvalue weighted by molar-refractivity contribution is -0.115. The van der Waals surface area contributed by atoms with Gasteiger partial charge in [-0.15, -0.1) is 0 Å². The van der Waals surface area contributed by atoms with Gasteiger partial charge in [0.05, 0.1) is 17.5 Å². The predicted octanol–water partition coefficient (Wildman–Crippen LogP) is 4.61. The molecule has 1 aliphatic rings. The summed E-state index contributed by atoms with van der Waals surface area (Å²) in [5.41, 5.74) is 2.16. The molecular weight excluding hydrogens is 294 g/mol. The number of carbonyl (C=O) groups excluding carboxylic acids is 1. The summed E-state index contributed by atoms with van der Waals surface area (Å²) in [4.78, 5) is 16.8. The molecule has 2 aromatic carbocycles. The molecule has 22 heavy (non-hydrogen) atoms. The van der Waals surface area contributed by atoms with Crippen molar-refractivity contribution >= 4 is 28.3 Å². The standard InChI is InChI=1S/C18H15NO2S/c20-12-15-16(21)11-17(13-7-3-1-4-8-13)22-18(15)19-14-9-5-2-6-10-14/h1-10,12,17,20H,11H2/b15-12-,19-18?/t17-/m1/s1. The minimum Gasteiger partial charge on any atom is -0.515 e. The highest BCUT2D eigenvalue weighted by atomic mass is 32.2. The zero-order valence-electron chi connectivity index (χ0n) is 11.8. The fraction of sp³-hybridized carbons (Fsp3) is 0.111. The first kappa shape index (κ1) is 14.6. The zero-order chi connectivity index (χ0) is 15.4. The van der Waals surface area contributed by atoms with Crippen molar-refractivity contribution in [2.45, 2.75) is 11.7 Å². The number of aliphatic hydroxyl groups is 1. The van der Waals surface area contributed by atoms with Gasteiger partial charge in [0.2, 0.25) is 0 Å². The molecule has 1 heterocycles. The van der Waals surface area contributed by atoms with Gasteiger partial charge in [0.15, 0.2) is 5.78 Å². The third kappa shape index (κ3) is 3.12. The summed E-state index contributed by atoms with van der Waals surface area (Å²) in [7, 11) is 0. The molecule has 1 saturated heterocycles. The first-order chi connectivity index (χ1) is 10.8. The van der Waals surface area contributed by atoms with Crippen molar-refractivity contribution < 1.29 is 9.90 Å². The Kier molecular flexibility index (Phi) is 4.39. The van der Waals surface area contributed by atoms with E-state index in [9.17, 15) is 9.90 Å². The number of carbonyl (C=O) groups is 1. The molecular formula is C18H15NO2S. The van der Waals surface area contributed by atoms with Crippen molar-refractivity contribution in [2.75, 3.05) is 0 Å². The number of nitrogens with zero attached hydrogens (tertiary/aromatic N) is 1. The van der Waals surface area contributed by atoms with E-state index in [-0.39, 0.29) is 11.0 Å². The monoisotopic (exact) mass is 309 g/mol. The molecule has 3 rings (SSSR count). The van der Waals surface area contributed by atoms with Crippen LogP contribution in [0.15, 0.2) is 77.5 Å². The Hall–Kier alpha value is -2.33. The molecule has 0 amide bonds. The first-order valence-corrected chi connectivity index (χ1v) is 7.89. The van der Waals surface area contributed by atoms with Crippen molar-refractivity contribution in [3.63, 3.8) is 0 Å². The molecule has 1 N–H and O–H groups in total. The Morgan fingerprint density at radius 1 is 1.05 bits per heavy atom. The third-order valence-electron chi connectivity index (χ3n) is 3.44. The lowest BCUT2D eigenvalue weighted by atomic mass is 10.0. The van der Waals surface area contributed by atoms with Gasteiger partial charge in [-0.2, -0.15) is 0 Å². The number of hydrogen-bond donors (Lipinski definition) is 1. The van der Waals surface area contributed by atoms with Gasteiger partial charge in [-0.1, -0.05) is 60.3 Å². The molecule has 1 aliphatic heterocycles. The van der Waals surface area contributed by atoms with Crippen LogP contribution < -0.4 is 0 Å². The van der Waals surface area contributed by atoms with Crippen LogP contribution in [0.2, 0.25) is 0 Å². The van der Waals surface area contributed by atoms with Crippen LogP contribution in [0.4, 0.5) is 5.69 Å². The smallest absolute Gasteiger partial charge is 0.170 e. The van der Waals surface area contributed by atoms with Gasteiger partial charge in [0.1, 0.15) is 5.04 Å². The summed E-state index contributed by atoms with van der Waals surface area (Å²) < 4.78 is 0. The quantitative estimate of drug-likeness (QED) is 0.651. The highest BCUT2D eigenvalue weighted by molar-refractivity contribution is 8.14. The number of aliphatic imine (C=N–C) groups is 1. The molecule has 110 valence electrons. The van der Waals surface area contributed by atoms with E-state index in [0.717, 1.165) is 17.5 Å². The molecule has 3 nitrogen and oxygen atoms in total. The van der Waals surface area contributed by atoms with Gasteiger partial charge < -0.3 is 5.11 Å².